The van der Waals surface area contributed by atoms with Crippen molar-refractivity contribution in [2.45, 2.75) is 38.0 Å². The maximum Gasteiger partial charge on any atom is 0.144 e. The first kappa shape index (κ1) is 15.4. The van der Waals surface area contributed by atoms with Crippen LogP contribution in [-0.2, 0) is 16.1 Å². The Morgan fingerprint density at radius 1 is 1.45 bits per heavy atom. The average molecular weight is 295 g/mol. The van der Waals surface area contributed by atoms with Crippen LogP contribution in [0, 0.1) is 0 Å². The van der Waals surface area contributed by atoms with Gasteiger partial charge in [-0.3, -0.25) is 0 Å². The third kappa shape index (κ3) is 4.51. The summed E-state index contributed by atoms with van der Waals surface area (Å²) < 4.78 is 26.7. The summed E-state index contributed by atoms with van der Waals surface area (Å²) in [5, 5.41) is 0. The van der Waals surface area contributed by atoms with Gasteiger partial charge in [0.25, 0.3) is 0 Å². The second kappa shape index (κ2) is 6.61. The van der Waals surface area contributed by atoms with E-state index in [-0.39, 0.29) is 10.9 Å². The van der Waals surface area contributed by atoms with Crippen molar-refractivity contribution in [1.82, 2.24) is 0 Å². The largest absolute Gasteiger partial charge is 0.591 e. The van der Waals surface area contributed by atoms with E-state index in [0.717, 1.165) is 24.3 Å². The first-order chi connectivity index (χ1) is 9.45. The van der Waals surface area contributed by atoms with Crippen LogP contribution >= 0.6 is 0 Å². The second-order valence-corrected chi connectivity index (χ2v) is 7.71. The van der Waals surface area contributed by atoms with Crippen molar-refractivity contribution in [3.63, 3.8) is 0 Å². The lowest BCUT2D eigenvalue weighted by atomic mass is 10.2. The van der Waals surface area contributed by atoms with E-state index in [4.69, 9.17) is 9.47 Å². The molecule has 0 saturated carbocycles. The number of nitrogens with zero attached hydrogens (tertiary/aromatic N) is 1. The number of hydrogen-bond acceptors (Lipinski definition) is 4. The molecule has 1 unspecified atom stereocenters. The first-order valence-electron chi connectivity index (χ1n) is 6.76. The van der Waals surface area contributed by atoms with Gasteiger partial charge in [-0.1, -0.05) is 16.5 Å². The molecule has 4 nitrogen and oxygen atoms in total. The van der Waals surface area contributed by atoms with Crippen LogP contribution in [0.5, 0.6) is 5.75 Å². The minimum atomic E-state index is -1.24. The Morgan fingerprint density at radius 2 is 2.25 bits per heavy atom. The zero-order valence-corrected chi connectivity index (χ0v) is 13.0. The van der Waals surface area contributed by atoms with Crippen molar-refractivity contribution in [3.05, 3.63) is 29.8 Å². The Bertz CT molecular complexity index is 464. The van der Waals surface area contributed by atoms with E-state index in [1.807, 2.05) is 45.0 Å². The molecular weight excluding hydrogens is 274 g/mol. The standard InChI is InChI=1S/C15H21NO3S/c1-15(2,3)20(17)16-10-12-5-4-6-13(9-12)19-14-7-8-18-11-14/h4-6,9-10,14H,7-8,11H2,1-3H3/t14?,20-/m1/s1. The molecule has 5 heteroatoms. The summed E-state index contributed by atoms with van der Waals surface area (Å²) in [5.41, 5.74) is 0.888. The molecule has 0 aromatic heterocycles. The summed E-state index contributed by atoms with van der Waals surface area (Å²) in [5.74, 6) is 0.797. The SMILES string of the molecule is CC(C)(C)[S@@+]([O-])N=Cc1cccc(OC2CCOC2)c1. The number of ether oxygens (including phenoxy) is 2. The Labute approximate surface area is 123 Å². The van der Waals surface area contributed by atoms with E-state index in [2.05, 4.69) is 4.40 Å². The van der Waals surface area contributed by atoms with Crippen LogP contribution in [0.2, 0.25) is 0 Å². The zero-order chi connectivity index (χ0) is 14.6. The van der Waals surface area contributed by atoms with Crippen LogP contribution < -0.4 is 4.74 Å². The molecule has 0 radical (unpaired) electrons. The van der Waals surface area contributed by atoms with Crippen molar-refractivity contribution >= 4 is 17.6 Å². The molecule has 110 valence electrons. The minimum Gasteiger partial charge on any atom is -0.591 e. The van der Waals surface area contributed by atoms with Gasteiger partial charge in [0.05, 0.1) is 19.4 Å². The van der Waals surface area contributed by atoms with E-state index >= 15 is 0 Å². The third-order valence-electron chi connectivity index (χ3n) is 2.87. The molecule has 0 aliphatic carbocycles. The molecule has 20 heavy (non-hydrogen) atoms. The fourth-order valence-electron chi connectivity index (χ4n) is 1.73. The molecule has 1 saturated heterocycles. The molecule has 2 atom stereocenters. The maximum atomic E-state index is 11.9. The highest BCUT2D eigenvalue weighted by Gasteiger charge is 2.25. The van der Waals surface area contributed by atoms with E-state index in [1.165, 1.54) is 0 Å². The predicted octanol–water partition coefficient (Wildman–Crippen LogP) is 2.74. The van der Waals surface area contributed by atoms with Gasteiger partial charge in [-0.15, -0.1) is 0 Å². The molecule has 1 aromatic carbocycles. The van der Waals surface area contributed by atoms with Crippen LogP contribution in [0.4, 0.5) is 0 Å². The molecule has 0 bridgehead atoms. The van der Waals surface area contributed by atoms with Gasteiger partial charge in [0.2, 0.25) is 0 Å². The monoisotopic (exact) mass is 295 g/mol. The van der Waals surface area contributed by atoms with Gasteiger partial charge in [0, 0.05) is 12.0 Å². The van der Waals surface area contributed by atoms with Gasteiger partial charge in [0.15, 0.2) is 0 Å². The van der Waals surface area contributed by atoms with Crippen LogP contribution in [0.25, 0.3) is 0 Å². The van der Waals surface area contributed by atoms with Crippen molar-refractivity contribution < 1.29 is 14.0 Å². The molecule has 0 spiro atoms. The normalized spacial score (nSPS) is 21.3. The molecular formula is C15H21NO3S. The molecule has 1 aliphatic heterocycles. The lowest BCUT2D eigenvalue weighted by Gasteiger charge is -2.17. The van der Waals surface area contributed by atoms with Crippen LogP contribution in [0.1, 0.15) is 32.8 Å². The quantitative estimate of drug-likeness (QED) is 0.634. The lowest BCUT2D eigenvalue weighted by Crippen LogP contribution is -2.25. The van der Waals surface area contributed by atoms with E-state index in [9.17, 15) is 4.55 Å². The smallest absolute Gasteiger partial charge is 0.144 e. The van der Waals surface area contributed by atoms with E-state index in [1.54, 1.807) is 6.21 Å². The summed E-state index contributed by atoms with van der Waals surface area (Å²) in [6, 6.07) is 7.64. The van der Waals surface area contributed by atoms with Gasteiger partial charge in [-0.25, -0.2) is 0 Å². The number of hydrogen-bond donors (Lipinski definition) is 0. The van der Waals surface area contributed by atoms with E-state index < -0.39 is 11.4 Å². The van der Waals surface area contributed by atoms with Crippen LogP contribution in [-0.4, -0.2) is 34.8 Å². The Morgan fingerprint density at radius 3 is 2.90 bits per heavy atom. The van der Waals surface area contributed by atoms with Crippen molar-refractivity contribution in [2.75, 3.05) is 13.2 Å². The van der Waals surface area contributed by atoms with Gasteiger partial charge in [0.1, 0.15) is 28.0 Å². The predicted molar refractivity (Wildman–Crippen MR) is 81.8 cm³/mol. The fourth-order valence-corrected chi connectivity index (χ4v) is 2.27. The summed E-state index contributed by atoms with van der Waals surface area (Å²) in [6.07, 6.45) is 2.69. The molecule has 0 N–H and O–H groups in total. The molecule has 1 aromatic rings. The van der Waals surface area contributed by atoms with Gasteiger partial charge < -0.3 is 14.0 Å². The molecule has 2 rings (SSSR count). The first-order valence-corrected chi connectivity index (χ1v) is 7.86. The van der Waals surface area contributed by atoms with Crippen molar-refractivity contribution in [3.8, 4) is 5.75 Å². The summed E-state index contributed by atoms with van der Waals surface area (Å²) in [6.45, 7) is 7.11. The maximum absolute atomic E-state index is 11.9. The summed E-state index contributed by atoms with van der Waals surface area (Å²) in [4.78, 5) is 0. The highest BCUT2D eigenvalue weighted by molar-refractivity contribution is 7.91. The summed E-state index contributed by atoms with van der Waals surface area (Å²) >= 11 is -1.24. The molecule has 1 heterocycles. The molecule has 1 fully saturated rings. The lowest BCUT2D eigenvalue weighted by molar-refractivity contribution is 0.141. The highest BCUT2D eigenvalue weighted by Crippen LogP contribution is 2.19. The zero-order valence-electron chi connectivity index (χ0n) is 12.2. The van der Waals surface area contributed by atoms with Gasteiger partial charge in [-0.2, -0.15) is 0 Å². The summed E-state index contributed by atoms with van der Waals surface area (Å²) in [7, 11) is 0. The van der Waals surface area contributed by atoms with Gasteiger partial charge in [-0.05, 0) is 32.9 Å². The number of rotatable bonds is 4. The van der Waals surface area contributed by atoms with Crippen molar-refractivity contribution in [1.29, 1.82) is 0 Å². The average Bonchev–Trinajstić information content (AvgIpc) is 2.88. The second-order valence-electron chi connectivity index (χ2n) is 5.77. The Hall–Kier alpha value is -1.04. The third-order valence-corrected chi connectivity index (χ3v) is 4.21. The number of benzene rings is 1. The molecule has 0 amide bonds. The Kier molecular flexibility index (Phi) is 5.07. The fraction of sp³-hybridized carbons (Fsp3) is 0.533. The topological polar surface area (TPSA) is 53.9 Å². The van der Waals surface area contributed by atoms with Crippen LogP contribution in [0.3, 0.4) is 0 Å². The van der Waals surface area contributed by atoms with E-state index in [0.29, 0.717) is 6.61 Å². The highest BCUT2D eigenvalue weighted by atomic mass is 32.2. The Balaban J connectivity index is 2.00. The van der Waals surface area contributed by atoms with Crippen LogP contribution in [0.15, 0.2) is 28.7 Å². The van der Waals surface area contributed by atoms with Gasteiger partial charge >= 0.3 is 0 Å². The van der Waals surface area contributed by atoms with Crippen molar-refractivity contribution in [2.24, 2.45) is 4.40 Å². The minimum absolute atomic E-state index is 0.130. The molecule has 1 aliphatic rings.